The number of hydrogen-bond acceptors (Lipinski definition) is 6. The van der Waals surface area contributed by atoms with Gasteiger partial charge in [-0.1, -0.05) is 30.0 Å². The fourth-order valence-corrected chi connectivity index (χ4v) is 4.62. The number of hydrogen-bond donors (Lipinski definition) is 0. The Morgan fingerprint density at radius 2 is 2.00 bits per heavy atom. The smallest absolute Gasteiger partial charge is 0.212 e. The summed E-state index contributed by atoms with van der Waals surface area (Å²) in [5, 5.41) is 17.7. The van der Waals surface area contributed by atoms with Gasteiger partial charge in [-0.05, 0) is 46.7 Å². The predicted octanol–water partition coefficient (Wildman–Crippen LogP) is 4.53. The number of para-hydroxylation sites is 1. The zero-order valence-corrected chi connectivity index (χ0v) is 15.5. The van der Waals surface area contributed by atoms with Gasteiger partial charge < -0.3 is 4.74 Å². The fourth-order valence-electron chi connectivity index (χ4n) is 3.01. The van der Waals surface area contributed by atoms with Gasteiger partial charge in [0.2, 0.25) is 5.16 Å². The first-order chi connectivity index (χ1) is 12.8. The number of methoxy groups -OCH3 is 1. The van der Waals surface area contributed by atoms with Crippen LogP contribution in [-0.2, 0) is 0 Å². The number of benzene rings is 2. The van der Waals surface area contributed by atoms with E-state index >= 15 is 0 Å². The normalized spacial score (nSPS) is 13.5. The van der Waals surface area contributed by atoms with E-state index < -0.39 is 0 Å². The summed E-state index contributed by atoms with van der Waals surface area (Å²) in [6, 6.07) is 16.4. The van der Waals surface area contributed by atoms with Gasteiger partial charge in [-0.3, -0.25) is 0 Å². The lowest BCUT2D eigenvalue weighted by molar-refractivity contribution is 0.416. The zero-order chi connectivity index (χ0) is 17.5. The minimum Gasteiger partial charge on any atom is -0.496 e. The lowest BCUT2D eigenvalue weighted by Gasteiger charge is -2.15. The number of thioether (sulfide) groups is 1. The fraction of sp³-hybridized carbons (Fsp3) is 0.105. The van der Waals surface area contributed by atoms with E-state index in [1.54, 1.807) is 30.2 Å². The van der Waals surface area contributed by atoms with E-state index in [9.17, 15) is 0 Å². The molecule has 3 heterocycles. The molecule has 1 aliphatic rings. The van der Waals surface area contributed by atoms with Crippen LogP contribution in [0.15, 0.2) is 64.2 Å². The third kappa shape index (κ3) is 2.51. The molecule has 5 nitrogen and oxygen atoms in total. The van der Waals surface area contributed by atoms with Crippen LogP contribution in [0.1, 0.15) is 5.56 Å². The van der Waals surface area contributed by atoms with Gasteiger partial charge in [-0.2, -0.15) is 9.78 Å². The second-order valence-electron chi connectivity index (χ2n) is 5.83. The molecular weight excluding hydrogens is 364 g/mol. The molecule has 0 spiro atoms. The molecule has 0 aliphatic carbocycles. The van der Waals surface area contributed by atoms with Crippen LogP contribution in [0.2, 0.25) is 0 Å². The van der Waals surface area contributed by atoms with E-state index in [0.29, 0.717) is 5.82 Å². The van der Waals surface area contributed by atoms with Crippen molar-refractivity contribution in [1.29, 1.82) is 0 Å². The number of fused-ring (bicyclic) bond motifs is 2. The summed E-state index contributed by atoms with van der Waals surface area (Å²) in [7, 11) is 1.66. The Morgan fingerprint density at radius 3 is 2.92 bits per heavy atom. The van der Waals surface area contributed by atoms with Crippen LogP contribution in [0.3, 0.4) is 0 Å². The summed E-state index contributed by atoms with van der Waals surface area (Å²) in [6.07, 6.45) is 0. The Balaban J connectivity index is 1.62. The largest absolute Gasteiger partial charge is 0.496 e. The number of nitrogens with zero attached hydrogens (tertiary/aromatic N) is 4. The maximum absolute atomic E-state index is 5.48. The van der Waals surface area contributed by atoms with Gasteiger partial charge in [0, 0.05) is 10.5 Å². The van der Waals surface area contributed by atoms with E-state index in [1.165, 1.54) is 10.1 Å². The maximum atomic E-state index is 5.48. The summed E-state index contributed by atoms with van der Waals surface area (Å²) in [5.74, 6) is 2.23. The van der Waals surface area contributed by atoms with Crippen LogP contribution in [0, 0.1) is 0 Å². The Bertz CT molecular complexity index is 1150. The average molecular weight is 378 g/mol. The van der Waals surface area contributed by atoms with Crippen molar-refractivity contribution in [3.8, 4) is 17.1 Å². The molecule has 0 radical (unpaired) electrons. The highest BCUT2D eigenvalue weighted by molar-refractivity contribution is 7.99. The van der Waals surface area contributed by atoms with Crippen LogP contribution in [0.25, 0.3) is 21.5 Å². The van der Waals surface area contributed by atoms with Crippen molar-refractivity contribution in [2.75, 3.05) is 12.9 Å². The summed E-state index contributed by atoms with van der Waals surface area (Å²) in [4.78, 5) is 0. The van der Waals surface area contributed by atoms with Gasteiger partial charge in [-0.15, -0.1) is 21.5 Å². The molecule has 2 aromatic carbocycles. The van der Waals surface area contributed by atoms with Crippen LogP contribution >= 0.6 is 23.1 Å². The molecule has 0 amide bonds. The van der Waals surface area contributed by atoms with E-state index in [-0.39, 0.29) is 0 Å². The van der Waals surface area contributed by atoms with Crippen molar-refractivity contribution in [3.63, 3.8) is 0 Å². The second-order valence-corrected chi connectivity index (χ2v) is 7.72. The minimum absolute atomic E-state index is 0.693. The second kappa shape index (κ2) is 6.26. The van der Waals surface area contributed by atoms with Crippen LogP contribution < -0.4 is 4.74 Å². The quantitative estimate of drug-likeness (QED) is 0.526. The maximum Gasteiger partial charge on any atom is 0.212 e. The summed E-state index contributed by atoms with van der Waals surface area (Å²) < 4.78 is 8.58. The van der Waals surface area contributed by atoms with E-state index in [1.807, 2.05) is 28.9 Å². The highest BCUT2D eigenvalue weighted by Crippen LogP contribution is 2.33. The molecule has 128 valence electrons. The molecule has 0 N–H and O–H groups in total. The molecule has 26 heavy (non-hydrogen) atoms. The van der Waals surface area contributed by atoms with Crippen molar-refractivity contribution in [3.05, 3.63) is 59.5 Å². The van der Waals surface area contributed by atoms with Crippen molar-refractivity contribution in [1.82, 2.24) is 14.9 Å². The van der Waals surface area contributed by atoms with E-state index in [4.69, 9.17) is 9.84 Å². The third-order valence-corrected chi connectivity index (χ3v) is 6.13. The molecule has 1 aliphatic heterocycles. The molecule has 0 unspecified atom stereocenters. The Hall–Kier alpha value is -2.64. The molecule has 0 bridgehead atoms. The van der Waals surface area contributed by atoms with Crippen LogP contribution in [0.4, 0.5) is 0 Å². The lowest BCUT2D eigenvalue weighted by Crippen LogP contribution is -2.13. The van der Waals surface area contributed by atoms with Crippen molar-refractivity contribution < 1.29 is 4.74 Å². The molecule has 0 saturated carbocycles. The van der Waals surface area contributed by atoms with Crippen molar-refractivity contribution in [2.45, 2.75) is 5.16 Å². The third-order valence-electron chi connectivity index (χ3n) is 4.30. The van der Waals surface area contributed by atoms with Gasteiger partial charge in [0.15, 0.2) is 5.82 Å². The van der Waals surface area contributed by atoms with Crippen molar-refractivity contribution >= 4 is 38.9 Å². The summed E-state index contributed by atoms with van der Waals surface area (Å²) in [6.45, 7) is 0. The van der Waals surface area contributed by atoms with Crippen molar-refractivity contribution in [2.24, 2.45) is 5.10 Å². The first-order valence-electron chi connectivity index (χ1n) is 8.10. The Morgan fingerprint density at radius 1 is 1.08 bits per heavy atom. The minimum atomic E-state index is 0.693. The molecule has 0 atom stereocenters. The highest BCUT2D eigenvalue weighted by atomic mass is 32.2. The topological polar surface area (TPSA) is 52.3 Å². The molecular formula is C19H14N4OS2. The number of ether oxygens (including phenoxy) is 1. The standard InChI is InChI=1S/C19H14N4OS2/c1-24-16-5-3-2-4-14(16)18-20-21-19-23(18)22-15(11-26-19)12-6-7-17-13(10-12)8-9-25-17/h2-10H,11H2,1H3. The molecule has 4 aromatic rings. The van der Waals surface area contributed by atoms with E-state index in [2.05, 4.69) is 39.8 Å². The average Bonchev–Trinajstić information content (AvgIpc) is 3.33. The predicted molar refractivity (Wildman–Crippen MR) is 106 cm³/mol. The monoisotopic (exact) mass is 378 g/mol. The first kappa shape index (κ1) is 15.6. The SMILES string of the molecule is COc1ccccc1-c1nnc2n1N=C(c1ccc3sccc3c1)CS2. The Kier molecular flexibility index (Phi) is 3.76. The summed E-state index contributed by atoms with van der Waals surface area (Å²) in [5.41, 5.74) is 3.04. The zero-order valence-electron chi connectivity index (χ0n) is 13.9. The van der Waals surface area contributed by atoms with Crippen LogP contribution in [-0.4, -0.2) is 33.4 Å². The molecule has 0 saturated heterocycles. The number of rotatable bonds is 3. The molecule has 0 fully saturated rings. The van der Waals surface area contributed by atoms with Gasteiger partial charge >= 0.3 is 0 Å². The molecule has 7 heteroatoms. The lowest BCUT2D eigenvalue weighted by atomic mass is 10.1. The number of thiophene rings is 1. The highest BCUT2D eigenvalue weighted by Gasteiger charge is 2.22. The Labute approximate surface area is 158 Å². The molecule has 5 rings (SSSR count). The van der Waals surface area contributed by atoms with Gasteiger partial charge in [0.05, 0.1) is 18.4 Å². The van der Waals surface area contributed by atoms with Gasteiger partial charge in [0.1, 0.15) is 5.75 Å². The molecule has 2 aromatic heterocycles. The first-order valence-corrected chi connectivity index (χ1v) is 9.97. The summed E-state index contributed by atoms with van der Waals surface area (Å²) >= 11 is 3.40. The van der Waals surface area contributed by atoms with Crippen LogP contribution in [0.5, 0.6) is 5.75 Å². The van der Waals surface area contributed by atoms with Gasteiger partial charge in [0.25, 0.3) is 0 Å². The van der Waals surface area contributed by atoms with E-state index in [0.717, 1.165) is 33.5 Å². The number of aromatic nitrogens is 3. The van der Waals surface area contributed by atoms with Gasteiger partial charge in [-0.25, -0.2) is 0 Å².